The molecule has 2 aliphatic rings. The maximum absolute atomic E-state index is 14.0. The highest BCUT2D eigenvalue weighted by molar-refractivity contribution is 6.04. The van der Waals surface area contributed by atoms with Crippen LogP contribution in [-0.4, -0.2) is 27.9 Å². The molecule has 2 N–H and O–H groups in total. The third-order valence-electron chi connectivity index (χ3n) is 7.12. The predicted octanol–water partition coefficient (Wildman–Crippen LogP) is 6.29. The van der Waals surface area contributed by atoms with Crippen LogP contribution >= 0.6 is 0 Å². The first kappa shape index (κ1) is 22.2. The van der Waals surface area contributed by atoms with Gasteiger partial charge in [-0.15, -0.1) is 0 Å². The lowest BCUT2D eigenvalue weighted by molar-refractivity contribution is -0.137. The molecule has 5 rings (SSSR count). The van der Waals surface area contributed by atoms with Gasteiger partial charge in [0, 0.05) is 23.5 Å². The van der Waals surface area contributed by atoms with Gasteiger partial charge >= 0.3 is 5.97 Å². The third-order valence-corrected chi connectivity index (χ3v) is 7.12. The number of nitrogens with zero attached hydrogens (tertiary/aromatic N) is 1. The Bertz CT molecular complexity index is 1220. The minimum Gasteiger partial charge on any atom is -0.481 e. The number of anilines is 1. The Labute approximate surface area is 200 Å². The van der Waals surface area contributed by atoms with Gasteiger partial charge in [0.25, 0.3) is 5.91 Å². The van der Waals surface area contributed by atoms with Gasteiger partial charge in [-0.25, -0.2) is 0 Å². The van der Waals surface area contributed by atoms with E-state index >= 15 is 0 Å². The summed E-state index contributed by atoms with van der Waals surface area (Å²) in [6, 6.07) is 24.1. The molecule has 1 atom stereocenters. The highest BCUT2D eigenvalue weighted by Gasteiger charge is 2.43. The number of hydrogen-bond acceptors (Lipinski definition) is 3. The SMILES string of the molecule is O=C(O)CCC1=C(Nc2cccc3ccccc23)C(=O)N(C2CCCCC2)C1c1ccccc1. The van der Waals surface area contributed by atoms with Gasteiger partial charge in [-0.05, 0) is 41.9 Å². The second-order valence-electron chi connectivity index (χ2n) is 9.26. The molecule has 174 valence electrons. The first-order valence-corrected chi connectivity index (χ1v) is 12.2. The number of carbonyl (C=O) groups excluding carboxylic acids is 1. The molecule has 1 heterocycles. The Morgan fingerprint density at radius 1 is 0.912 bits per heavy atom. The van der Waals surface area contributed by atoms with Crippen LogP contribution in [0.5, 0.6) is 0 Å². The smallest absolute Gasteiger partial charge is 0.303 e. The zero-order valence-corrected chi connectivity index (χ0v) is 19.2. The van der Waals surface area contributed by atoms with E-state index in [1.54, 1.807) is 0 Å². The Morgan fingerprint density at radius 3 is 2.38 bits per heavy atom. The molecule has 1 aliphatic carbocycles. The highest BCUT2D eigenvalue weighted by atomic mass is 16.4. The van der Waals surface area contributed by atoms with Crippen molar-refractivity contribution in [2.24, 2.45) is 0 Å². The Balaban J connectivity index is 1.62. The summed E-state index contributed by atoms with van der Waals surface area (Å²) in [5.41, 5.74) is 3.32. The average molecular weight is 455 g/mol. The third kappa shape index (κ3) is 4.30. The molecule has 1 aliphatic heterocycles. The molecule has 34 heavy (non-hydrogen) atoms. The zero-order chi connectivity index (χ0) is 23.5. The van der Waals surface area contributed by atoms with Crippen LogP contribution < -0.4 is 5.32 Å². The first-order chi connectivity index (χ1) is 16.6. The van der Waals surface area contributed by atoms with E-state index in [1.807, 2.05) is 53.4 Å². The van der Waals surface area contributed by atoms with Crippen LogP contribution in [0.15, 0.2) is 84.1 Å². The molecule has 0 saturated heterocycles. The van der Waals surface area contributed by atoms with E-state index in [-0.39, 0.29) is 24.4 Å². The van der Waals surface area contributed by atoms with E-state index in [1.165, 1.54) is 6.42 Å². The number of benzene rings is 3. The number of aliphatic carboxylic acids is 1. The van der Waals surface area contributed by atoms with Crippen molar-refractivity contribution < 1.29 is 14.7 Å². The van der Waals surface area contributed by atoms with Gasteiger partial charge in [-0.1, -0.05) is 86.0 Å². The van der Waals surface area contributed by atoms with Gasteiger partial charge in [0.05, 0.1) is 6.04 Å². The van der Waals surface area contributed by atoms with E-state index < -0.39 is 5.97 Å². The van der Waals surface area contributed by atoms with Crippen molar-refractivity contribution in [1.29, 1.82) is 0 Å². The number of carboxylic acid groups (broad SMARTS) is 1. The van der Waals surface area contributed by atoms with Gasteiger partial charge in [-0.3, -0.25) is 9.59 Å². The number of nitrogens with one attached hydrogen (secondary N) is 1. The van der Waals surface area contributed by atoms with Crippen LogP contribution in [0.3, 0.4) is 0 Å². The maximum atomic E-state index is 14.0. The molecule has 5 nitrogen and oxygen atoms in total. The number of fused-ring (bicyclic) bond motifs is 1. The van der Waals surface area contributed by atoms with Gasteiger partial charge in [-0.2, -0.15) is 0 Å². The largest absolute Gasteiger partial charge is 0.481 e. The van der Waals surface area contributed by atoms with Crippen LogP contribution in [0, 0.1) is 0 Å². The summed E-state index contributed by atoms with van der Waals surface area (Å²) in [6.45, 7) is 0. The second-order valence-corrected chi connectivity index (χ2v) is 9.26. The van der Waals surface area contributed by atoms with Crippen LogP contribution in [0.4, 0.5) is 5.69 Å². The van der Waals surface area contributed by atoms with Gasteiger partial charge in [0.15, 0.2) is 0 Å². The minimum absolute atomic E-state index is 0.00876. The molecule has 1 saturated carbocycles. The molecule has 3 aromatic rings. The monoisotopic (exact) mass is 454 g/mol. The highest BCUT2D eigenvalue weighted by Crippen LogP contribution is 2.44. The van der Waals surface area contributed by atoms with Gasteiger partial charge < -0.3 is 15.3 Å². The summed E-state index contributed by atoms with van der Waals surface area (Å²) >= 11 is 0. The summed E-state index contributed by atoms with van der Waals surface area (Å²) in [6.07, 6.45) is 5.74. The first-order valence-electron chi connectivity index (χ1n) is 12.2. The zero-order valence-electron chi connectivity index (χ0n) is 19.2. The summed E-state index contributed by atoms with van der Waals surface area (Å²) in [5.74, 6) is -0.874. The predicted molar refractivity (Wildman–Crippen MR) is 134 cm³/mol. The number of carboxylic acids is 1. The van der Waals surface area contributed by atoms with E-state index in [9.17, 15) is 14.7 Å². The average Bonchev–Trinajstić information content (AvgIpc) is 3.15. The van der Waals surface area contributed by atoms with E-state index in [2.05, 4.69) is 29.6 Å². The molecule has 1 fully saturated rings. The van der Waals surface area contributed by atoms with Crippen LogP contribution in [0.25, 0.3) is 10.8 Å². The molecule has 3 aromatic carbocycles. The minimum atomic E-state index is -0.854. The second kappa shape index (κ2) is 9.72. The van der Waals surface area contributed by atoms with Crippen molar-refractivity contribution in [3.63, 3.8) is 0 Å². The summed E-state index contributed by atoms with van der Waals surface area (Å²) in [7, 11) is 0. The van der Waals surface area contributed by atoms with Crippen LogP contribution in [0.2, 0.25) is 0 Å². The van der Waals surface area contributed by atoms with Crippen molar-refractivity contribution in [3.05, 3.63) is 89.6 Å². The Kier molecular flexibility index (Phi) is 6.35. The Hall–Kier alpha value is -3.60. The summed E-state index contributed by atoms with van der Waals surface area (Å²) < 4.78 is 0. The fourth-order valence-corrected chi connectivity index (χ4v) is 5.53. The van der Waals surface area contributed by atoms with E-state index in [0.717, 1.165) is 53.3 Å². The van der Waals surface area contributed by atoms with Crippen molar-refractivity contribution >= 4 is 28.3 Å². The molecule has 0 aromatic heterocycles. The number of carbonyl (C=O) groups is 2. The molecular weight excluding hydrogens is 424 g/mol. The lowest BCUT2D eigenvalue weighted by atomic mass is 9.90. The number of hydrogen-bond donors (Lipinski definition) is 2. The van der Waals surface area contributed by atoms with Crippen molar-refractivity contribution in [2.75, 3.05) is 5.32 Å². The quantitative estimate of drug-likeness (QED) is 0.440. The topological polar surface area (TPSA) is 69.6 Å². The van der Waals surface area contributed by atoms with Crippen molar-refractivity contribution in [1.82, 2.24) is 4.90 Å². The molecule has 1 amide bonds. The molecule has 1 unspecified atom stereocenters. The molecular formula is C29H30N2O3. The molecule has 0 radical (unpaired) electrons. The number of rotatable bonds is 7. The van der Waals surface area contributed by atoms with Gasteiger partial charge in [0.2, 0.25) is 0 Å². The van der Waals surface area contributed by atoms with E-state index in [4.69, 9.17) is 0 Å². The molecule has 0 spiro atoms. The van der Waals surface area contributed by atoms with Gasteiger partial charge in [0.1, 0.15) is 5.70 Å². The van der Waals surface area contributed by atoms with Crippen LogP contribution in [0.1, 0.15) is 56.6 Å². The fraction of sp³-hybridized carbons (Fsp3) is 0.310. The van der Waals surface area contributed by atoms with E-state index in [0.29, 0.717) is 12.1 Å². The fourth-order valence-electron chi connectivity index (χ4n) is 5.53. The molecule has 0 bridgehead atoms. The lowest BCUT2D eigenvalue weighted by Crippen LogP contribution is -2.41. The standard InChI is InChI=1S/C29H30N2O3/c32-26(33)19-18-24-27(30-25-17-9-13-20-10-7-8-16-23(20)25)29(34)31(22-14-5-2-6-15-22)28(24)21-11-3-1-4-12-21/h1,3-4,7-13,16-17,22,28,30H,2,5-6,14-15,18-19H2,(H,32,33). The molecule has 5 heteroatoms. The van der Waals surface area contributed by atoms with Crippen molar-refractivity contribution in [3.8, 4) is 0 Å². The number of amides is 1. The summed E-state index contributed by atoms with van der Waals surface area (Å²) in [5, 5.41) is 15.1. The summed E-state index contributed by atoms with van der Waals surface area (Å²) in [4.78, 5) is 27.6. The Morgan fingerprint density at radius 2 is 1.62 bits per heavy atom. The van der Waals surface area contributed by atoms with Crippen molar-refractivity contribution in [2.45, 2.75) is 57.0 Å². The normalized spacial score (nSPS) is 19.1. The lowest BCUT2D eigenvalue weighted by Gasteiger charge is -2.37. The van der Waals surface area contributed by atoms with Crippen LogP contribution in [-0.2, 0) is 9.59 Å². The maximum Gasteiger partial charge on any atom is 0.303 e.